The van der Waals surface area contributed by atoms with Crippen molar-refractivity contribution in [3.63, 3.8) is 0 Å². The molecule has 26 heavy (non-hydrogen) atoms. The lowest BCUT2D eigenvalue weighted by molar-refractivity contribution is -0.121. The number of anilines is 1. The molecule has 0 bridgehead atoms. The fourth-order valence-electron chi connectivity index (χ4n) is 2.84. The van der Waals surface area contributed by atoms with Crippen molar-refractivity contribution in [2.75, 3.05) is 12.3 Å². The number of para-hydroxylation sites is 1. The maximum absolute atomic E-state index is 12.5. The molecular weight excluding hydrogens is 328 g/mol. The highest BCUT2D eigenvalue weighted by atomic mass is 16.1. The van der Waals surface area contributed by atoms with Crippen LogP contribution >= 0.6 is 0 Å². The third kappa shape index (κ3) is 4.08. The average Bonchev–Trinajstić information content (AvgIpc) is 2.63. The number of benzene rings is 2. The number of nitrogens with zero attached hydrogens (tertiary/aromatic N) is 2. The van der Waals surface area contributed by atoms with Gasteiger partial charge in [-0.05, 0) is 42.7 Å². The average molecular weight is 350 g/mol. The van der Waals surface area contributed by atoms with Gasteiger partial charge in [-0.1, -0.05) is 24.3 Å². The predicted molar refractivity (Wildman–Crippen MR) is 103 cm³/mol. The predicted octanol–water partition coefficient (Wildman–Crippen LogP) is 2.04. The molecule has 0 aliphatic heterocycles. The van der Waals surface area contributed by atoms with Gasteiger partial charge >= 0.3 is 0 Å². The van der Waals surface area contributed by atoms with E-state index in [4.69, 9.17) is 5.73 Å². The highest BCUT2D eigenvalue weighted by molar-refractivity contribution is 5.80. The summed E-state index contributed by atoms with van der Waals surface area (Å²) >= 11 is 0. The molecule has 0 aliphatic rings. The van der Waals surface area contributed by atoms with Crippen LogP contribution in [0.15, 0.2) is 53.6 Å². The van der Waals surface area contributed by atoms with E-state index in [1.165, 1.54) is 10.9 Å². The van der Waals surface area contributed by atoms with Crippen LogP contribution in [0.2, 0.25) is 0 Å². The van der Waals surface area contributed by atoms with E-state index in [-0.39, 0.29) is 17.9 Å². The van der Waals surface area contributed by atoms with Gasteiger partial charge in [-0.25, -0.2) is 4.98 Å². The highest BCUT2D eigenvalue weighted by Gasteiger charge is 2.07. The standard InChI is InChI=1S/C20H22N4O2/c1-14-3-2-4-17-19(14)23-13-24(20(17)26)12-10-18(25)22-11-9-15-5-7-16(21)8-6-15/h2-8,13H,9-12,21H2,1H3,(H,22,25). The molecule has 6 heteroatoms. The van der Waals surface area contributed by atoms with E-state index < -0.39 is 0 Å². The molecule has 134 valence electrons. The zero-order valence-corrected chi connectivity index (χ0v) is 14.7. The van der Waals surface area contributed by atoms with Crippen molar-refractivity contribution in [1.29, 1.82) is 0 Å². The molecule has 0 saturated heterocycles. The summed E-state index contributed by atoms with van der Waals surface area (Å²) in [5.74, 6) is -0.0864. The Balaban J connectivity index is 1.54. The van der Waals surface area contributed by atoms with Gasteiger partial charge in [0.05, 0.1) is 17.2 Å². The summed E-state index contributed by atoms with van der Waals surface area (Å²) in [6.07, 6.45) is 2.49. The Morgan fingerprint density at radius 1 is 1.19 bits per heavy atom. The number of aryl methyl sites for hydroxylation is 2. The van der Waals surface area contributed by atoms with E-state index in [0.29, 0.717) is 24.0 Å². The third-order valence-electron chi connectivity index (χ3n) is 4.35. The van der Waals surface area contributed by atoms with Crippen molar-refractivity contribution < 1.29 is 4.79 Å². The number of rotatable bonds is 6. The molecule has 0 radical (unpaired) electrons. The Morgan fingerprint density at radius 3 is 2.73 bits per heavy atom. The monoisotopic (exact) mass is 350 g/mol. The van der Waals surface area contributed by atoms with Gasteiger partial charge in [-0.15, -0.1) is 0 Å². The van der Waals surface area contributed by atoms with Crippen LogP contribution in [0.25, 0.3) is 10.9 Å². The number of nitrogen functional groups attached to an aromatic ring is 1. The summed E-state index contributed by atoms with van der Waals surface area (Å²) in [7, 11) is 0. The van der Waals surface area contributed by atoms with Gasteiger partial charge in [-0.2, -0.15) is 0 Å². The molecule has 1 amide bonds. The van der Waals surface area contributed by atoms with Crippen LogP contribution in [-0.4, -0.2) is 22.0 Å². The van der Waals surface area contributed by atoms with Crippen LogP contribution < -0.4 is 16.6 Å². The molecule has 6 nitrogen and oxygen atoms in total. The van der Waals surface area contributed by atoms with Crippen molar-refractivity contribution in [1.82, 2.24) is 14.9 Å². The number of aromatic nitrogens is 2. The van der Waals surface area contributed by atoms with E-state index in [2.05, 4.69) is 10.3 Å². The third-order valence-corrected chi connectivity index (χ3v) is 4.35. The molecule has 0 saturated carbocycles. The summed E-state index contributed by atoms with van der Waals surface area (Å²) in [5.41, 5.74) is 9.05. The van der Waals surface area contributed by atoms with Crippen molar-refractivity contribution in [3.8, 4) is 0 Å². The Bertz CT molecular complexity index is 977. The van der Waals surface area contributed by atoms with Gasteiger partial charge in [0.1, 0.15) is 0 Å². The van der Waals surface area contributed by atoms with Crippen molar-refractivity contribution in [2.45, 2.75) is 26.3 Å². The zero-order chi connectivity index (χ0) is 18.5. The van der Waals surface area contributed by atoms with Gasteiger partial charge in [0.25, 0.3) is 5.56 Å². The largest absolute Gasteiger partial charge is 0.399 e. The molecule has 0 aliphatic carbocycles. The molecule has 2 aromatic carbocycles. The van der Waals surface area contributed by atoms with E-state index >= 15 is 0 Å². The fourth-order valence-corrected chi connectivity index (χ4v) is 2.84. The highest BCUT2D eigenvalue weighted by Crippen LogP contribution is 2.11. The summed E-state index contributed by atoms with van der Waals surface area (Å²) in [6.45, 7) is 2.78. The Kier molecular flexibility index (Phi) is 5.31. The molecule has 3 aromatic rings. The van der Waals surface area contributed by atoms with Crippen molar-refractivity contribution >= 4 is 22.5 Å². The molecule has 0 unspecified atom stereocenters. The van der Waals surface area contributed by atoms with E-state index in [1.807, 2.05) is 43.3 Å². The topological polar surface area (TPSA) is 90.0 Å². The summed E-state index contributed by atoms with van der Waals surface area (Å²) in [6, 6.07) is 13.1. The van der Waals surface area contributed by atoms with Gasteiger partial charge < -0.3 is 11.1 Å². The lowest BCUT2D eigenvalue weighted by Crippen LogP contribution is -2.29. The Morgan fingerprint density at radius 2 is 1.96 bits per heavy atom. The second kappa shape index (κ2) is 7.82. The Hall–Kier alpha value is -3.15. The van der Waals surface area contributed by atoms with Crippen molar-refractivity contribution in [2.24, 2.45) is 0 Å². The number of nitrogens with one attached hydrogen (secondary N) is 1. The number of amides is 1. The number of hydrogen-bond acceptors (Lipinski definition) is 4. The summed E-state index contributed by atoms with van der Waals surface area (Å²) < 4.78 is 1.49. The SMILES string of the molecule is Cc1cccc2c(=O)n(CCC(=O)NCCc3ccc(N)cc3)cnc12. The van der Waals surface area contributed by atoms with Crippen LogP contribution in [0.4, 0.5) is 5.69 Å². The van der Waals surface area contributed by atoms with Crippen LogP contribution in [0.5, 0.6) is 0 Å². The smallest absolute Gasteiger partial charge is 0.261 e. The van der Waals surface area contributed by atoms with E-state index in [0.717, 1.165) is 23.2 Å². The minimum Gasteiger partial charge on any atom is -0.399 e. The maximum Gasteiger partial charge on any atom is 0.261 e. The first-order chi connectivity index (χ1) is 12.5. The molecule has 0 spiro atoms. The Labute approximate surface area is 151 Å². The summed E-state index contributed by atoms with van der Waals surface area (Å²) in [5, 5.41) is 3.46. The molecule has 3 rings (SSSR count). The number of nitrogens with two attached hydrogens (primary N) is 1. The van der Waals surface area contributed by atoms with Gasteiger partial charge in [0.2, 0.25) is 5.91 Å². The van der Waals surface area contributed by atoms with Crippen molar-refractivity contribution in [3.05, 3.63) is 70.3 Å². The first kappa shape index (κ1) is 17.7. The number of carbonyl (C=O) groups excluding carboxylic acids is 1. The molecule has 3 N–H and O–H groups in total. The molecule has 1 aromatic heterocycles. The van der Waals surface area contributed by atoms with Gasteiger partial charge in [0, 0.05) is 25.2 Å². The van der Waals surface area contributed by atoms with E-state index in [9.17, 15) is 9.59 Å². The fraction of sp³-hybridized carbons (Fsp3) is 0.250. The number of carbonyl (C=O) groups is 1. The second-order valence-electron chi connectivity index (χ2n) is 6.31. The van der Waals surface area contributed by atoms with Crippen LogP contribution in [0.3, 0.4) is 0 Å². The lowest BCUT2D eigenvalue weighted by Gasteiger charge is -2.09. The first-order valence-corrected chi connectivity index (χ1v) is 8.60. The molecular formula is C20H22N4O2. The maximum atomic E-state index is 12.5. The van der Waals surface area contributed by atoms with Crippen LogP contribution in [0.1, 0.15) is 17.5 Å². The number of fused-ring (bicyclic) bond motifs is 1. The van der Waals surface area contributed by atoms with Gasteiger partial charge in [-0.3, -0.25) is 14.2 Å². The minimum atomic E-state index is -0.117. The summed E-state index contributed by atoms with van der Waals surface area (Å²) in [4.78, 5) is 28.9. The van der Waals surface area contributed by atoms with Gasteiger partial charge in [0.15, 0.2) is 0 Å². The number of hydrogen-bond donors (Lipinski definition) is 2. The zero-order valence-electron chi connectivity index (χ0n) is 14.7. The minimum absolute atomic E-state index is 0.0864. The van der Waals surface area contributed by atoms with E-state index in [1.54, 1.807) is 6.07 Å². The molecule has 1 heterocycles. The first-order valence-electron chi connectivity index (χ1n) is 8.60. The second-order valence-corrected chi connectivity index (χ2v) is 6.31. The lowest BCUT2D eigenvalue weighted by atomic mass is 10.1. The quantitative estimate of drug-likeness (QED) is 0.666. The van der Waals surface area contributed by atoms with Crippen LogP contribution in [-0.2, 0) is 17.8 Å². The normalized spacial score (nSPS) is 10.8. The molecule has 0 atom stereocenters. The molecule has 0 fully saturated rings. The van der Waals surface area contributed by atoms with Crippen LogP contribution in [0, 0.1) is 6.92 Å².